The van der Waals surface area contributed by atoms with Crippen molar-refractivity contribution in [2.75, 3.05) is 26.3 Å². The number of carbonyl (C=O) groups excluding carboxylic acids is 1. The van der Waals surface area contributed by atoms with Gasteiger partial charge in [0.15, 0.2) is 0 Å². The van der Waals surface area contributed by atoms with Crippen LogP contribution in [0.2, 0.25) is 0 Å². The molecule has 2 N–H and O–H groups in total. The number of nitrogens with two attached hydrogens (primary N) is 1. The lowest BCUT2D eigenvalue weighted by Crippen LogP contribution is -2.46. The van der Waals surface area contributed by atoms with Crippen LogP contribution in [0.5, 0.6) is 0 Å². The Bertz CT molecular complexity index is 249. The number of rotatable bonds is 5. The molecule has 1 heterocycles. The molecule has 0 aromatic heterocycles. The molecule has 0 saturated carbocycles. The second-order valence-corrected chi connectivity index (χ2v) is 5.10. The van der Waals surface area contributed by atoms with Crippen LogP contribution in [0.15, 0.2) is 0 Å². The molecule has 0 radical (unpaired) electrons. The molecule has 1 amide bonds. The molecule has 5 heteroatoms. The fraction of sp³-hybridized carbons (Fsp3) is 0.923. The smallest absolute Gasteiger partial charge is 0.226 e. The Morgan fingerprint density at radius 3 is 2.72 bits per heavy atom. The van der Waals surface area contributed by atoms with Gasteiger partial charge in [0.2, 0.25) is 5.91 Å². The highest BCUT2D eigenvalue weighted by Gasteiger charge is 2.28. The Morgan fingerprint density at radius 1 is 1.50 bits per heavy atom. The lowest BCUT2D eigenvalue weighted by molar-refractivity contribution is -0.137. The molecule has 1 fully saturated rings. The molecule has 4 nitrogen and oxygen atoms in total. The summed E-state index contributed by atoms with van der Waals surface area (Å²) in [4.78, 5) is 14.1. The lowest BCUT2D eigenvalue weighted by atomic mass is 9.96. The van der Waals surface area contributed by atoms with E-state index in [4.69, 9.17) is 10.5 Å². The summed E-state index contributed by atoms with van der Waals surface area (Å²) in [5, 5.41) is 0. The molecule has 1 saturated heterocycles. The summed E-state index contributed by atoms with van der Waals surface area (Å²) in [5.41, 5.74) is 5.79. The minimum absolute atomic E-state index is 0. The predicted octanol–water partition coefficient (Wildman–Crippen LogP) is 1.67. The molecule has 0 aromatic rings. The largest absolute Gasteiger partial charge is 0.381 e. The molecule has 18 heavy (non-hydrogen) atoms. The summed E-state index contributed by atoms with van der Waals surface area (Å²) in [6.07, 6.45) is 2.24. The average molecular weight is 279 g/mol. The molecule has 3 atom stereocenters. The van der Waals surface area contributed by atoms with Crippen molar-refractivity contribution in [2.24, 2.45) is 17.6 Å². The van der Waals surface area contributed by atoms with E-state index >= 15 is 0 Å². The number of carbonyl (C=O) groups is 1. The zero-order valence-corrected chi connectivity index (χ0v) is 12.5. The molecular formula is C13H27ClN2O2. The Labute approximate surface area is 117 Å². The summed E-state index contributed by atoms with van der Waals surface area (Å²) in [6.45, 7) is 9.04. The topological polar surface area (TPSA) is 55.6 Å². The lowest BCUT2D eigenvalue weighted by Gasteiger charge is -2.35. The second-order valence-electron chi connectivity index (χ2n) is 5.10. The van der Waals surface area contributed by atoms with Gasteiger partial charge >= 0.3 is 0 Å². The first-order valence-corrected chi connectivity index (χ1v) is 6.68. The Kier molecular flexibility index (Phi) is 8.57. The number of hydrogen-bond acceptors (Lipinski definition) is 3. The van der Waals surface area contributed by atoms with Gasteiger partial charge in [0.05, 0.1) is 12.5 Å². The van der Waals surface area contributed by atoms with Crippen LogP contribution >= 0.6 is 12.4 Å². The van der Waals surface area contributed by atoms with Crippen molar-refractivity contribution in [3.8, 4) is 0 Å². The minimum atomic E-state index is -0.0826. The second kappa shape index (κ2) is 8.73. The molecule has 0 bridgehead atoms. The van der Waals surface area contributed by atoms with E-state index in [1.165, 1.54) is 0 Å². The van der Waals surface area contributed by atoms with E-state index in [0.717, 1.165) is 39.1 Å². The van der Waals surface area contributed by atoms with Crippen LogP contribution in [-0.2, 0) is 9.53 Å². The maximum Gasteiger partial charge on any atom is 0.226 e. The molecule has 1 aliphatic rings. The van der Waals surface area contributed by atoms with Crippen LogP contribution in [0.1, 0.15) is 33.6 Å². The van der Waals surface area contributed by atoms with Crippen molar-refractivity contribution in [1.29, 1.82) is 0 Å². The number of likely N-dealkylation sites (tertiary alicyclic amines) is 1. The highest BCUT2D eigenvalue weighted by atomic mass is 35.5. The van der Waals surface area contributed by atoms with E-state index < -0.39 is 0 Å². The van der Waals surface area contributed by atoms with Gasteiger partial charge in [0.1, 0.15) is 0 Å². The Hall–Kier alpha value is -0.320. The summed E-state index contributed by atoms with van der Waals surface area (Å²) in [6, 6.07) is -0.0743. The van der Waals surface area contributed by atoms with Gasteiger partial charge in [-0.05, 0) is 32.6 Å². The van der Waals surface area contributed by atoms with Crippen molar-refractivity contribution in [1.82, 2.24) is 4.90 Å². The number of halogens is 1. The molecule has 1 aliphatic heterocycles. The third kappa shape index (κ3) is 5.12. The molecule has 0 spiro atoms. The fourth-order valence-electron chi connectivity index (χ4n) is 2.20. The van der Waals surface area contributed by atoms with Gasteiger partial charge in [0.25, 0.3) is 0 Å². The molecule has 0 aliphatic carbocycles. The van der Waals surface area contributed by atoms with Gasteiger partial charge in [-0.25, -0.2) is 0 Å². The average Bonchev–Trinajstić information content (AvgIpc) is 2.34. The first-order valence-electron chi connectivity index (χ1n) is 6.68. The summed E-state index contributed by atoms with van der Waals surface area (Å²) in [7, 11) is 0. The quantitative estimate of drug-likeness (QED) is 0.832. The molecule has 0 aromatic carbocycles. The van der Waals surface area contributed by atoms with Crippen LogP contribution in [-0.4, -0.2) is 43.2 Å². The Balaban J connectivity index is 0.00000289. The van der Waals surface area contributed by atoms with Crippen LogP contribution in [0.3, 0.4) is 0 Å². The van der Waals surface area contributed by atoms with E-state index in [0.29, 0.717) is 5.92 Å². The van der Waals surface area contributed by atoms with E-state index in [1.807, 2.05) is 25.7 Å². The van der Waals surface area contributed by atoms with Crippen molar-refractivity contribution in [2.45, 2.75) is 39.7 Å². The van der Waals surface area contributed by atoms with Crippen LogP contribution in [0.25, 0.3) is 0 Å². The van der Waals surface area contributed by atoms with Crippen LogP contribution < -0.4 is 5.73 Å². The predicted molar refractivity (Wildman–Crippen MR) is 75.9 cm³/mol. The summed E-state index contributed by atoms with van der Waals surface area (Å²) < 4.78 is 5.45. The number of amides is 1. The Morgan fingerprint density at radius 2 is 2.17 bits per heavy atom. The molecular weight excluding hydrogens is 252 g/mol. The highest BCUT2D eigenvalue weighted by molar-refractivity contribution is 5.85. The monoisotopic (exact) mass is 278 g/mol. The molecule has 3 unspecified atom stereocenters. The van der Waals surface area contributed by atoms with Gasteiger partial charge in [-0.1, -0.05) is 6.92 Å². The first-order chi connectivity index (χ1) is 8.06. The van der Waals surface area contributed by atoms with E-state index in [2.05, 4.69) is 0 Å². The van der Waals surface area contributed by atoms with E-state index in [9.17, 15) is 4.79 Å². The van der Waals surface area contributed by atoms with E-state index in [-0.39, 0.29) is 30.3 Å². The van der Waals surface area contributed by atoms with Gasteiger partial charge in [-0.15, -0.1) is 12.4 Å². The number of ether oxygens (including phenoxy) is 1. The maximum absolute atomic E-state index is 12.2. The van der Waals surface area contributed by atoms with Crippen LogP contribution in [0, 0.1) is 11.8 Å². The van der Waals surface area contributed by atoms with Crippen molar-refractivity contribution < 1.29 is 9.53 Å². The van der Waals surface area contributed by atoms with Gasteiger partial charge in [-0.3, -0.25) is 4.79 Å². The first kappa shape index (κ1) is 17.7. The third-order valence-electron chi connectivity index (χ3n) is 3.57. The maximum atomic E-state index is 12.2. The van der Waals surface area contributed by atoms with Gasteiger partial charge in [-0.2, -0.15) is 0 Å². The summed E-state index contributed by atoms with van der Waals surface area (Å²) >= 11 is 0. The number of nitrogens with zero attached hydrogens (tertiary/aromatic N) is 1. The zero-order valence-electron chi connectivity index (χ0n) is 11.7. The van der Waals surface area contributed by atoms with Crippen molar-refractivity contribution in [3.05, 3.63) is 0 Å². The zero-order chi connectivity index (χ0) is 12.8. The normalized spacial score (nSPS) is 23.1. The van der Waals surface area contributed by atoms with Crippen molar-refractivity contribution >= 4 is 18.3 Å². The standard InChI is InChI=1S/C13H26N2O2.ClH/c1-4-17-9-12-6-5-7-15(8-12)13(16)10(2)11(3)14;/h10-12H,4-9,14H2,1-3H3;1H. The van der Waals surface area contributed by atoms with E-state index in [1.54, 1.807) is 0 Å². The SMILES string of the molecule is CCOCC1CCCN(C(=O)C(C)C(C)N)C1.Cl. The summed E-state index contributed by atoms with van der Waals surface area (Å²) in [5.74, 6) is 0.606. The third-order valence-corrected chi connectivity index (χ3v) is 3.57. The molecule has 108 valence electrons. The number of hydrogen-bond donors (Lipinski definition) is 1. The van der Waals surface area contributed by atoms with Gasteiger partial charge in [0, 0.05) is 25.7 Å². The molecule has 1 rings (SSSR count). The van der Waals surface area contributed by atoms with Gasteiger partial charge < -0.3 is 15.4 Å². The fourth-order valence-corrected chi connectivity index (χ4v) is 2.20. The minimum Gasteiger partial charge on any atom is -0.381 e. The number of piperidine rings is 1. The van der Waals surface area contributed by atoms with Crippen LogP contribution in [0.4, 0.5) is 0 Å². The van der Waals surface area contributed by atoms with Crippen molar-refractivity contribution in [3.63, 3.8) is 0 Å². The highest BCUT2D eigenvalue weighted by Crippen LogP contribution is 2.19.